The largest absolute Gasteiger partial charge is 0.383 e. The smallest absolute Gasteiger partial charge is 0.256 e. The number of nitrogens with zero attached hydrogens (tertiary/aromatic N) is 1. The molecule has 0 atom stereocenters. The van der Waals surface area contributed by atoms with Gasteiger partial charge in [0.05, 0.1) is 6.20 Å². The molecule has 0 aromatic carbocycles. The summed E-state index contributed by atoms with van der Waals surface area (Å²) in [5.41, 5.74) is 5.89. The third kappa shape index (κ3) is 1.25. The van der Waals surface area contributed by atoms with Gasteiger partial charge in [0.25, 0.3) is 5.91 Å². The first-order valence-corrected chi connectivity index (χ1v) is 3.87. The Morgan fingerprint density at radius 3 is 3.00 bits per heavy atom. The highest BCUT2D eigenvalue weighted by atomic mass is 16.1. The number of carbonyl (C=O) groups excluding carboxylic acids is 1. The molecule has 1 fully saturated rings. The number of nitrogens with one attached hydrogen (secondary N) is 2. The fourth-order valence-corrected chi connectivity index (χ4v) is 0.968. The zero-order chi connectivity index (χ0) is 8.55. The number of hydrogen-bond acceptors (Lipinski definition) is 3. The zero-order valence-corrected chi connectivity index (χ0v) is 6.50. The molecule has 1 heterocycles. The van der Waals surface area contributed by atoms with Crippen molar-refractivity contribution < 1.29 is 4.79 Å². The van der Waals surface area contributed by atoms with Crippen molar-refractivity contribution >= 4 is 11.7 Å². The standard InChI is InChI=1S/C7H10N4O/c8-6-5(3-9-11-6)7(12)10-4-1-2-4/h3-4H,1-2H2,(H,10,12)(H3,8,9,11). The highest BCUT2D eigenvalue weighted by Crippen LogP contribution is 2.19. The summed E-state index contributed by atoms with van der Waals surface area (Å²) >= 11 is 0. The Bertz CT molecular complexity index is 302. The number of amides is 1. The van der Waals surface area contributed by atoms with Gasteiger partial charge in [-0.1, -0.05) is 0 Å². The van der Waals surface area contributed by atoms with Crippen molar-refractivity contribution in [1.29, 1.82) is 0 Å². The minimum atomic E-state index is -0.135. The number of H-pyrrole nitrogens is 1. The van der Waals surface area contributed by atoms with Gasteiger partial charge in [-0.2, -0.15) is 5.10 Å². The van der Waals surface area contributed by atoms with E-state index in [0.717, 1.165) is 12.8 Å². The van der Waals surface area contributed by atoms with Crippen LogP contribution in [0.2, 0.25) is 0 Å². The maximum Gasteiger partial charge on any atom is 0.256 e. The normalized spacial score (nSPS) is 16.0. The van der Waals surface area contributed by atoms with Crippen LogP contribution in [0.1, 0.15) is 23.2 Å². The van der Waals surface area contributed by atoms with E-state index in [1.807, 2.05) is 0 Å². The molecule has 64 valence electrons. The Labute approximate surface area is 69.3 Å². The number of nitrogen functional groups attached to an aromatic ring is 1. The highest BCUT2D eigenvalue weighted by Gasteiger charge is 2.24. The Morgan fingerprint density at radius 2 is 2.50 bits per heavy atom. The molecule has 0 saturated heterocycles. The Morgan fingerprint density at radius 1 is 1.75 bits per heavy atom. The first kappa shape index (κ1) is 7.15. The third-order valence-electron chi connectivity index (χ3n) is 1.83. The van der Waals surface area contributed by atoms with E-state index in [4.69, 9.17) is 5.73 Å². The molecule has 4 N–H and O–H groups in total. The van der Waals surface area contributed by atoms with E-state index in [1.54, 1.807) is 0 Å². The van der Waals surface area contributed by atoms with Crippen LogP contribution in [-0.4, -0.2) is 22.1 Å². The minimum Gasteiger partial charge on any atom is -0.383 e. The number of rotatable bonds is 2. The lowest BCUT2D eigenvalue weighted by molar-refractivity contribution is 0.0952. The molecule has 0 aliphatic heterocycles. The summed E-state index contributed by atoms with van der Waals surface area (Å²) in [6, 6.07) is 0.354. The predicted molar refractivity (Wildman–Crippen MR) is 43.5 cm³/mol. The average molecular weight is 166 g/mol. The lowest BCUT2D eigenvalue weighted by atomic mass is 10.3. The van der Waals surface area contributed by atoms with Crippen LogP contribution in [0.4, 0.5) is 5.82 Å². The van der Waals surface area contributed by atoms with Gasteiger partial charge in [-0.3, -0.25) is 9.89 Å². The summed E-state index contributed by atoms with van der Waals surface area (Å²) in [6.45, 7) is 0. The summed E-state index contributed by atoms with van der Waals surface area (Å²) in [7, 11) is 0. The molecule has 1 aromatic rings. The average Bonchev–Trinajstić information content (AvgIpc) is 2.72. The van der Waals surface area contributed by atoms with Gasteiger partial charge < -0.3 is 11.1 Å². The molecule has 2 rings (SSSR count). The molecule has 0 radical (unpaired) electrons. The number of aromatic nitrogens is 2. The van der Waals surface area contributed by atoms with Crippen LogP contribution in [0.5, 0.6) is 0 Å². The molecule has 1 aromatic heterocycles. The maximum atomic E-state index is 11.3. The van der Waals surface area contributed by atoms with Gasteiger partial charge in [-0.05, 0) is 12.8 Å². The molecule has 1 aliphatic rings. The molecular weight excluding hydrogens is 156 g/mol. The third-order valence-corrected chi connectivity index (χ3v) is 1.83. The lowest BCUT2D eigenvalue weighted by Crippen LogP contribution is -2.25. The molecule has 0 unspecified atom stereocenters. The molecule has 12 heavy (non-hydrogen) atoms. The molecule has 1 aliphatic carbocycles. The summed E-state index contributed by atoms with van der Waals surface area (Å²) in [4.78, 5) is 11.3. The predicted octanol–water partition coefficient (Wildman–Crippen LogP) is -0.116. The van der Waals surface area contributed by atoms with Crippen LogP contribution in [-0.2, 0) is 0 Å². The second kappa shape index (κ2) is 2.51. The van der Waals surface area contributed by atoms with Gasteiger partial charge in [0.2, 0.25) is 0 Å². The fourth-order valence-electron chi connectivity index (χ4n) is 0.968. The van der Waals surface area contributed by atoms with Crippen LogP contribution in [0, 0.1) is 0 Å². The molecule has 1 saturated carbocycles. The van der Waals surface area contributed by atoms with Crippen molar-refractivity contribution in [2.24, 2.45) is 0 Å². The minimum absolute atomic E-state index is 0.135. The van der Waals surface area contributed by atoms with Crippen molar-refractivity contribution in [3.63, 3.8) is 0 Å². The van der Waals surface area contributed by atoms with E-state index in [0.29, 0.717) is 17.4 Å². The molecule has 5 heteroatoms. The summed E-state index contributed by atoms with van der Waals surface area (Å²) in [5, 5.41) is 8.99. The van der Waals surface area contributed by atoms with E-state index in [9.17, 15) is 4.79 Å². The molecule has 0 bridgehead atoms. The zero-order valence-electron chi connectivity index (χ0n) is 6.50. The van der Waals surface area contributed by atoms with Crippen molar-refractivity contribution in [3.05, 3.63) is 11.8 Å². The van der Waals surface area contributed by atoms with Crippen molar-refractivity contribution in [1.82, 2.24) is 15.5 Å². The molecular formula is C7H10N4O. The van der Waals surface area contributed by atoms with E-state index >= 15 is 0 Å². The maximum absolute atomic E-state index is 11.3. The Hall–Kier alpha value is -1.52. The van der Waals surface area contributed by atoms with Gasteiger partial charge in [0.1, 0.15) is 11.4 Å². The lowest BCUT2D eigenvalue weighted by Gasteiger charge is -1.99. The van der Waals surface area contributed by atoms with Crippen LogP contribution < -0.4 is 11.1 Å². The van der Waals surface area contributed by atoms with E-state index in [1.165, 1.54) is 6.20 Å². The second-order valence-corrected chi connectivity index (χ2v) is 2.95. The van der Waals surface area contributed by atoms with Crippen LogP contribution >= 0.6 is 0 Å². The number of anilines is 1. The molecule has 1 amide bonds. The van der Waals surface area contributed by atoms with E-state index in [-0.39, 0.29) is 5.91 Å². The summed E-state index contributed by atoms with van der Waals surface area (Å²) in [6.07, 6.45) is 3.58. The number of hydrogen-bond donors (Lipinski definition) is 3. The first-order valence-electron chi connectivity index (χ1n) is 3.87. The first-order chi connectivity index (χ1) is 5.77. The number of aromatic amines is 1. The summed E-state index contributed by atoms with van der Waals surface area (Å²) < 4.78 is 0. The van der Waals surface area contributed by atoms with Crippen molar-refractivity contribution in [2.45, 2.75) is 18.9 Å². The second-order valence-electron chi connectivity index (χ2n) is 2.95. The Kier molecular flexibility index (Phi) is 1.49. The number of carbonyl (C=O) groups is 1. The van der Waals surface area contributed by atoms with Gasteiger partial charge >= 0.3 is 0 Å². The SMILES string of the molecule is Nc1[nH]ncc1C(=O)NC1CC1. The van der Waals surface area contributed by atoms with Gasteiger partial charge in [-0.25, -0.2) is 0 Å². The highest BCUT2D eigenvalue weighted by molar-refractivity contribution is 5.98. The molecule has 5 nitrogen and oxygen atoms in total. The van der Waals surface area contributed by atoms with Crippen LogP contribution in [0.3, 0.4) is 0 Å². The number of nitrogens with two attached hydrogens (primary N) is 1. The Balaban J connectivity index is 2.07. The quantitative estimate of drug-likeness (QED) is 0.573. The van der Waals surface area contributed by atoms with Crippen LogP contribution in [0.15, 0.2) is 6.20 Å². The van der Waals surface area contributed by atoms with Gasteiger partial charge in [-0.15, -0.1) is 0 Å². The topological polar surface area (TPSA) is 83.8 Å². The van der Waals surface area contributed by atoms with Crippen molar-refractivity contribution in [3.8, 4) is 0 Å². The summed E-state index contributed by atoms with van der Waals surface area (Å²) in [5.74, 6) is 0.192. The van der Waals surface area contributed by atoms with Gasteiger partial charge in [0.15, 0.2) is 0 Å². The monoisotopic (exact) mass is 166 g/mol. The van der Waals surface area contributed by atoms with Gasteiger partial charge in [0, 0.05) is 6.04 Å². The van der Waals surface area contributed by atoms with E-state index in [2.05, 4.69) is 15.5 Å². The van der Waals surface area contributed by atoms with E-state index < -0.39 is 0 Å². The molecule has 0 spiro atoms. The van der Waals surface area contributed by atoms with Crippen molar-refractivity contribution in [2.75, 3.05) is 5.73 Å². The van der Waals surface area contributed by atoms with Crippen LogP contribution in [0.25, 0.3) is 0 Å². The fraction of sp³-hybridized carbons (Fsp3) is 0.429.